The van der Waals surface area contributed by atoms with Crippen molar-refractivity contribution >= 4 is 164 Å². The highest BCUT2D eigenvalue weighted by atomic mass is 79.9. The summed E-state index contributed by atoms with van der Waals surface area (Å²) in [5.74, 6) is -9.57. The summed E-state index contributed by atoms with van der Waals surface area (Å²) in [6, 6.07) is 1.42. The van der Waals surface area contributed by atoms with E-state index in [0.29, 0.717) is 24.9 Å². The van der Waals surface area contributed by atoms with E-state index >= 15 is 0 Å². The number of thioether (sulfide) groups is 2. The second-order valence-electron chi connectivity index (χ2n) is 22.4. The van der Waals surface area contributed by atoms with Crippen LogP contribution in [0.2, 0.25) is 38.3 Å². The predicted octanol–water partition coefficient (Wildman–Crippen LogP) is 6.58. The Morgan fingerprint density at radius 3 is 1.03 bits per heavy atom. The maximum atomic E-state index is 13.2. The molecule has 0 aromatic carbocycles. The van der Waals surface area contributed by atoms with Gasteiger partial charge in [0.1, 0.15) is 59.7 Å². The molecule has 0 saturated heterocycles. The van der Waals surface area contributed by atoms with Crippen LogP contribution in [-0.4, -0.2) is 224 Å². The summed E-state index contributed by atoms with van der Waals surface area (Å²) in [7, 11) is -4.49. The molecular formula is C56H94Br4O25S2Si2. The van der Waals surface area contributed by atoms with E-state index in [2.05, 4.69) is 89.9 Å². The van der Waals surface area contributed by atoms with Gasteiger partial charge in [-0.1, -0.05) is 89.3 Å². The molecule has 0 aromatic heterocycles. The van der Waals surface area contributed by atoms with Crippen LogP contribution in [0.25, 0.3) is 0 Å². The van der Waals surface area contributed by atoms with Crippen molar-refractivity contribution < 1.29 is 120 Å². The number of halogens is 4. The summed E-state index contributed by atoms with van der Waals surface area (Å²) in [5.41, 5.74) is 0. The highest BCUT2D eigenvalue weighted by Gasteiger charge is 2.35. The summed E-state index contributed by atoms with van der Waals surface area (Å²) >= 11 is 15.4. The van der Waals surface area contributed by atoms with E-state index in [0.717, 1.165) is 0 Å². The molecule has 0 saturated carbocycles. The molecule has 516 valence electrons. The van der Waals surface area contributed by atoms with Gasteiger partial charge in [-0.25, -0.2) is 0 Å². The Morgan fingerprint density at radius 2 is 0.697 bits per heavy atom. The Hall–Kier alpha value is -2.45. The maximum absolute atomic E-state index is 13.2. The van der Waals surface area contributed by atoms with Gasteiger partial charge in [0.05, 0.1) is 81.6 Å². The van der Waals surface area contributed by atoms with Crippen molar-refractivity contribution in [2.24, 2.45) is 35.5 Å². The van der Waals surface area contributed by atoms with Gasteiger partial charge < -0.3 is 71.9 Å². The average Bonchev–Trinajstić information content (AvgIpc) is 3.67. The molecule has 12 unspecified atom stereocenters. The van der Waals surface area contributed by atoms with Crippen LogP contribution >= 0.6 is 87.2 Å². The number of carbonyl (C=O) groups excluding carboxylic acids is 10. The lowest BCUT2D eigenvalue weighted by Gasteiger charge is -2.34. The molecular weight excluding hydrogens is 1510 g/mol. The Labute approximate surface area is 567 Å². The quantitative estimate of drug-likeness (QED) is 0.0164. The first-order valence-electron chi connectivity index (χ1n) is 29.3. The zero-order valence-electron chi connectivity index (χ0n) is 52.6. The van der Waals surface area contributed by atoms with Gasteiger partial charge in [-0.05, 0) is 86.3 Å². The number of ether oxygens (including phenoxy) is 10. The van der Waals surface area contributed by atoms with Gasteiger partial charge in [-0.3, -0.25) is 47.9 Å². The van der Waals surface area contributed by atoms with Gasteiger partial charge in [0.2, 0.25) is 0 Å². The molecule has 25 nitrogen and oxygen atoms in total. The molecule has 33 heteroatoms. The number of hydrogen-bond acceptors (Lipinski definition) is 27. The summed E-state index contributed by atoms with van der Waals surface area (Å²) < 4.78 is 60.4. The largest absolute Gasteiger partial charge is 0.465 e. The predicted molar refractivity (Wildman–Crippen MR) is 349 cm³/mol. The third-order valence-corrected chi connectivity index (χ3v) is 25.6. The maximum Gasteiger partial charge on any atom is 0.319 e. The molecule has 12 atom stereocenters. The van der Waals surface area contributed by atoms with E-state index in [1.54, 1.807) is 41.5 Å². The van der Waals surface area contributed by atoms with Gasteiger partial charge in [0.15, 0.2) is 21.6 Å². The van der Waals surface area contributed by atoms with Gasteiger partial charge in [0.25, 0.3) is 0 Å². The van der Waals surface area contributed by atoms with E-state index in [1.165, 1.54) is 23.5 Å². The van der Waals surface area contributed by atoms with Crippen molar-refractivity contribution in [2.45, 2.75) is 156 Å². The van der Waals surface area contributed by atoms with Gasteiger partial charge >= 0.3 is 59.7 Å². The second kappa shape index (κ2) is 48.3. The Morgan fingerprint density at radius 1 is 0.382 bits per heavy atom. The van der Waals surface area contributed by atoms with Crippen LogP contribution in [0.1, 0.15) is 86.5 Å². The average molecular weight is 1610 g/mol. The van der Waals surface area contributed by atoms with Crippen LogP contribution in [-0.2, 0) is 99.4 Å². The molecule has 0 spiro atoms. The molecule has 4 N–H and O–H groups in total. The van der Waals surface area contributed by atoms with Crippen LogP contribution in [0.5, 0.6) is 0 Å². The van der Waals surface area contributed by atoms with E-state index in [1.807, 2.05) is 0 Å². The first kappa shape index (κ1) is 86.6. The second-order valence-corrected chi connectivity index (χ2v) is 37.8. The van der Waals surface area contributed by atoms with Crippen molar-refractivity contribution in [1.82, 2.24) is 0 Å². The molecule has 0 radical (unpaired) electrons. The lowest BCUT2D eigenvalue weighted by atomic mass is 10.1. The monoisotopic (exact) mass is 1600 g/mol. The third kappa shape index (κ3) is 41.1. The zero-order chi connectivity index (χ0) is 67.9. The number of carbonyl (C=O) groups is 10. The Kier molecular flexibility index (Phi) is 47.0. The topological polar surface area (TPSA) is 353 Å². The number of aliphatic hydroxyl groups excluding tert-OH is 4. The molecule has 0 aromatic rings. The summed E-state index contributed by atoms with van der Waals surface area (Å²) in [4.78, 5) is 124. The SMILES string of the molecule is CC(CSCC(COC(=O)C(C)CC(Br)C(=O)OCCO)OC(=O)C(C)CC(Br)OC(=O)CCO)C(=O)OCCC[Si](C)(C)O[Si](C)(C)CCCOC(=O)C(C)CSCC(COC(=O)C(C)CC(Br)C(=O)OCCO)OC(=O)C(C)CC(Br)C(=O)OCCO. The molecule has 0 heterocycles. The third-order valence-electron chi connectivity index (χ3n) is 12.6. The van der Waals surface area contributed by atoms with E-state index in [-0.39, 0.29) is 121 Å². The molecule has 0 aliphatic carbocycles. The minimum Gasteiger partial charge on any atom is -0.465 e. The first-order chi connectivity index (χ1) is 41.7. The zero-order valence-corrected chi connectivity index (χ0v) is 62.6. The fourth-order valence-corrected chi connectivity index (χ4v) is 21.5. The normalized spacial score (nSPS) is 15.8. The highest BCUT2D eigenvalue weighted by molar-refractivity contribution is 9.10. The lowest BCUT2D eigenvalue weighted by Crippen LogP contribution is -2.44. The standard InChI is InChI=1S/C56H94Br4O25S2Si2/c1-35(25-43(57)54(72)77-20-15-62)48(66)80-29-41(82-52(70)37(3)27-45(59)56(74)79-22-17-64)33-86-31-39(5)50(68)75-18-11-23-88(7,8)85-89(9,10)24-12-19-76-51(69)40(6)32-87-34-42(83-53(71)38(4)28-46(60)84-47(65)13-14-61)30-81-49(67)36(2)26-44(58)55(73)78-21-16-63/h35-46,61-64H,11-34H2,1-10H3. The Balaban J connectivity index is 5.31. The van der Waals surface area contributed by atoms with Crippen molar-refractivity contribution in [3.05, 3.63) is 0 Å². The van der Waals surface area contributed by atoms with Crippen LogP contribution in [0.4, 0.5) is 0 Å². The summed E-state index contributed by atoms with van der Waals surface area (Å²) in [5, 5.41) is 35.0. The molecule has 0 aliphatic rings. The van der Waals surface area contributed by atoms with Crippen molar-refractivity contribution in [3.63, 3.8) is 0 Å². The molecule has 0 fully saturated rings. The fourth-order valence-electron chi connectivity index (χ4n) is 7.73. The molecule has 0 rings (SSSR count). The number of esters is 10. The van der Waals surface area contributed by atoms with E-state index in [9.17, 15) is 47.9 Å². The van der Waals surface area contributed by atoms with Gasteiger partial charge in [-0.2, -0.15) is 23.5 Å². The van der Waals surface area contributed by atoms with Crippen molar-refractivity contribution in [3.8, 4) is 0 Å². The van der Waals surface area contributed by atoms with Crippen LogP contribution < -0.4 is 0 Å². The lowest BCUT2D eigenvalue weighted by molar-refractivity contribution is -0.163. The molecule has 0 aliphatic heterocycles. The molecule has 0 bridgehead atoms. The van der Waals surface area contributed by atoms with Crippen LogP contribution in [0.15, 0.2) is 0 Å². The molecule has 0 amide bonds. The van der Waals surface area contributed by atoms with E-state index < -0.39 is 150 Å². The summed E-state index contributed by atoms with van der Waals surface area (Å²) in [6.07, 6.45) is -0.891. The number of hydrogen-bond donors (Lipinski definition) is 4. The smallest absolute Gasteiger partial charge is 0.319 e. The highest BCUT2D eigenvalue weighted by Crippen LogP contribution is 2.27. The summed E-state index contributed by atoms with van der Waals surface area (Å²) in [6.45, 7) is 15.6. The van der Waals surface area contributed by atoms with Crippen molar-refractivity contribution in [2.75, 3.05) is 95.7 Å². The fraction of sp³-hybridized carbons (Fsp3) is 0.821. The minimum absolute atomic E-state index is 0.00768. The van der Waals surface area contributed by atoms with Crippen LogP contribution in [0, 0.1) is 35.5 Å². The van der Waals surface area contributed by atoms with Gasteiger partial charge in [-0.15, -0.1) is 0 Å². The number of alkyl halides is 4. The number of aliphatic hydroxyl groups is 4. The first-order valence-corrected chi connectivity index (χ1v) is 41.6. The molecule has 89 heavy (non-hydrogen) atoms. The van der Waals surface area contributed by atoms with Crippen LogP contribution in [0.3, 0.4) is 0 Å². The van der Waals surface area contributed by atoms with E-state index in [4.69, 9.17) is 71.9 Å². The van der Waals surface area contributed by atoms with Crippen molar-refractivity contribution in [1.29, 1.82) is 0 Å². The van der Waals surface area contributed by atoms with Gasteiger partial charge in [0, 0.05) is 29.4 Å². The Bertz CT molecular complexity index is 2160. The minimum atomic E-state index is -2.25. The number of rotatable bonds is 50.